The molecule has 2 atom stereocenters. The molecule has 1 aromatic carbocycles. The highest BCUT2D eigenvalue weighted by Crippen LogP contribution is 2.16. The molecule has 1 aliphatic heterocycles. The number of nitrogens with zero attached hydrogens (tertiary/aromatic N) is 1. The van der Waals surface area contributed by atoms with Gasteiger partial charge in [0.2, 0.25) is 0 Å². The minimum atomic E-state index is 0.633. The molecule has 1 aromatic rings. The molecular formula is C16H26N2. The van der Waals surface area contributed by atoms with Crippen LogP contribution >= 0.6 is 0 Å². The highest BCUT2D eigenvalue weighted by molar-refractivity contribution is 5.28. The molecule has 2 unspecified atom stereocenters. The largest absolute Gasteiger partial charge is 0.311 e. The Kier molecular flexibility index (Phi) is 4.41. The smallest absolute Gasteiger partial charge is 0.0237 e. The maximum atomic E-state index is 3.62. The van der Waals surface area contributed by atoms with Crippen LogP contribution < -0.4 is 5.32 Å². The average Bonchev–Trinajstić information content (AvgIpc) is 2.30. The summed E-state index contributed by atoms with van der Waals surface area (Å²) in [5.41, 5.74) is 4.20. The van der Waals surface area contributed by atoms with E-state index in [2.05, 4.69) is 56.1 Å². The van der Waals surface area contributed by atoms with Crippen molar-refractivity contribution in [2.24, 2.45) is 0 Å². The zero-order valence-electron chi connectivity index (χ0n) is 12.2. The second-order valence-corrected chi connectivity index (χ2v) is 5.79. The van der Waals surface area contributed by atoms with E-state index in [9.17, 15) is 0 Å². The van der Waals surface area contributed by atoms with Crippen molar-refractivity contribution >= 4 is 0 Å². The van der Waals surface area contributed by atoms with E-state index < -0.39 is 0 Å². The summed E-state index contributed by atoms with van der Waals surface area (Å²) in [7, 11) is 0. The number of nitrogens with one attached hydrogen (secondary N) is 1. The van der Waals surface area contributed by atoms with Crippen LogP contribution in [0.2, 0.25) is 0 Å². The fraction of sp³-hybridized carbons (Fsp3) is 0.625. The van der Waals surface area contributed by atoms with Crippen molar-refractivity contribution in [3.05, 3.63) is 34.9 Å². The molecule has 1 aliphatic rings. The van der Waals surface area contributed by atoms with Gasteiger partial charge in [0.1, 0.15) is 0 Å². The fourth-order valence-corrected chi connectivity index (χ4v) is 2.88. The van der Waals surface area contributed by atoms with Crippen molar-refractivity contribution in [1.29, 1.82) is 0 Å². The van der Waals surface area contributed by atoms with Crippen molar-refractivity contribution in [1.82, 2.24) is 10.2 Å². The summed E-state index contributed by atoms with van der Waals surface area (Å²) in [5.74, 6) is 0. The predicted octanol–water partition coefficient (Wildman–Crippen LogP) is 2.88. The van der Waals surface area contributed by atoms with Gasteiger partial charge in [0, 0.05) is 31.7 Å². The topological polar surface area (TPSA) is 15.3 Å². The van der Waals surface area contributed by atoms with Gasteiger partial charge < -0.3 is 5.32 Å². The molecule has 100 valence electrons. The Morgan fingerprint density at radius 1 is 1.22 bits per heavy atom. The number of rotatable bonds is 3. The molecule has 2 nitrogen and oxygen atoms in total. The standard InChI is InChI=1S/C16H26N2/c1-5-16-11-18(14(4)9-17-16)10-15-7-12(2)6-13(3)8-15/h6-8,14,16-17H,5,9-11H2,1-4H3. The van der Waals surface area contributed by atoms with Crippen LogP contribution in [0.5, 0.6) is 0 Å². The van der Waals surface area contributed by atoms with E-state index in [0.717, 1.165) is 13.1 Å². The summed E-state index contributed by atoms with van der Waals surface area (Å²) in [6.45, 7) is 12.3. The first-order valence-electron chi connectivity index (χ1n) is 7.13. The van der Waals surface area contributed by atoms with Crippen LogP contribution in [0.1, 0.15) is 37.0 Å². The van der Waals surface area contributed by atoms with E-state index >= 15 is 0 Å². The van der Waals surface area contributed by atoms with Gasteiger partial charge in [-0.2, -0.15) is 0 Å². The number of aryl methyl sites for hydroxylation is 2. The molecule has 2 rings (SSSR count). The molecule has 2 heteroatoms. The molecular weight excluding hydrogens is 220 g/mol. The van der Waals surface area contributed by atoms with Crippen LogP contribution in [0.3, 0.4) is 0 Å². The lowest BCUT2D eigenvalue weighted by Crippen LogP contribution is -2.54. The third kappa shape index (κ3) is 3.33. The lowest BCUT2D eigenvalue weighted by Gasteiger charge is -2.38. The number of hydrogen-bond acceptors (Lipinski definition) is 2. The fourth-order valence-electron chi connectivity index (χ4n) is 2.88. The molecule has 18 heavy (non-hydrogen) atoms. The minimum Gasteiger partial charge on any atom is -0.311 e. The van der Waals surface area contributed by atoms with Gasteiger partial charge in [0.15, 0.2) is 0 Å². The van der Waals surface area contributed by atoms with Crippen molar-refractivity contribution in [2.45, 2.75) is 52.7 Å². The molecule has 0 spiro atoms. The molecule has 0 aromatic heterocycles. The summed E-state index contributed by atoms with van der Waals surface area (Å²) in [6.07, 6.45) is 1.22. The highest BCUT2D eigenvalue weighted by atomic mass is 15.2. The maximum Gasteiger partial charge on any atom is 0.0237 e. The normalized spacial score (nSPS) is 25.3. The molecule has 1 fully saturated rings. The molecule has 0 aliphatic carbocycles. The number of piperazine rings is 1. The van der Waals surface area contributed by atoms with E-state index in [1.165, 1.54) is 29.7 Å². The Balaban J connectivity index is 2.06. The van der Waals surface area contributed by atoms with Crippen molar-refractivity contribution in [3.63, 3.8) is 0 Å². The van der Waals surface area contributed by atoms with Gasteiger partial charge >= 0.3 is 0 Å². The Hall–Kier alpha value is -0.860. The summed E-state index contributed by atoms with van der Waals surface area (Å²) < 4.78 is 0. The zero-order valence-corrected chi connectivity index (χ0v) is 12.2. The van der Waals surface area contributed by atoms with Crippen LogP contribution in [-0.2, 0) is 6.54 Å². The first-order valence-corrected chi connectivity index (χ1v) is 7.13. The van der Waals surface area contributed by atoms with Crippen molar-refractivity contribution in [3.8, 4) is 0 Å². The van der Waals surface area contributed by atoms with Crippen LogP contribution in [0.25, 0.3) is 0 Å². The first kappa shape index (κ1) is 13.6. The Morgan fingerprint density at radius 2 is 1.89 bits per heavy atom. The summed E-state index contributed by atoms with van der Waals surface area (Å²) in [6, 6.07) is 8.19. The molecule has 0 saturated carbocycles. The first-order chi connectivity index (χ1) is 8.58. The SMILES string of the molecule is CCC1CN(Cc2cc(C)cc(C)c2)C(C)CN1. The quantitative estimate of drug-likeness (QED) is 0.882. The highest BCUT2D eigenvalue weighted by Gasteiger charge is 2.23. The van der Waals surface area contributed by atoms with E-state index in [-0.39, 0.29) is 0 Å². The van der Waals surface area contributed by atoms with Gasteiger partial charge in [-0.05, 0) is 32.8 Å². The molecule has 1 saturated heterocycles. The van der Waals surface area contributed by atoms with Gasteiger partial charge in [-0.1, -0.05) is 36.2 Å². The average molecular weight is 246 g/mol. The maximum absolute atomic E-state index is 3.62. The van der Waals surface area contributed by atoms with Gasteiger partial charge in [-0.3, -0.25) is 4.90 Å². The zero-order chi connectivity index (χ0) is 13.1. The predicted molar refractivity (Wildman–Crippen MR) is 77.9 cm³/mol. The third-order valence-corrected chi connectivity index (χ3v) is 3.94. The van der Waals surface area contributed by atoms with E-state index in [1.54, 1.807) is 0 Å². The third-order valence-electron chi connectivity index (χ3n) is 3.94. The second kappa shape index (κ2) is 5.85. The van der Waals surface area contributed by atoms with E-state index in [4.69, 9.17) is 0 Å². The molecule has 0 bridgehead atoms. The monoisotopic (exact) mass is 246 g/mol. The van der Waals surface area contributed by atoms with Crippen molar-refractivity contribution < 1.29 is 0 Å². The van der Waals surface area contributed by atoms with Crippen LogP contribution in [0, 0.1) is 13.8 Å². The van der Waals surface area contributed by atoms with Gasteiger partial charge in [-0.25, -0.2) is 0 Å². The number of hydrogen-bond donors (Lipinski definition) is 1. The molecule has 0 radical (unpaired) electrons. The van der Waals surface area contributed by atoms with Gasteiger partial charge in [0.05, 0.1) is 0 Å². The summed E-state index contributed by atoms with van der Waals surface area (Å²) >= 11 is 0. The van der Waals surface area contributed by atoms with Crippen molar-refractivity contribution in [2.75, 3.05) is 13.1 Å². The Labute approximate surface area is 111 Å². The Morgan fingerprint density at radius 3 is 2.50 bits per heavy atom. The van der Waals surface area contributed by atoms with Crippen LogP contribution in [0.15, 0.2) is 18.2 Å². The van der Waals surface area contributed by atoms with E-state index in [1.807, 2.05) is 0 Å². The summed E-state index contributed by atoms with van der Waals surface area (Å²) in [4.78, 5) is 2.61. The lowest BCUT2D eigenvalue weighted by molar-refractivity contribution is 0.131. The van der Waals surface area contributed by atoms with Gasteiger partial charge in [-0.15, -0.1) is 0 Å². The molecule has 1 N–H and O–H groups in total. The minimum absolute atomic E-state index is 0.633. The number of benzene rings is 1. The molecule has 1 heterocycles. The molecule has 0 amide bonds. The lowest BCUT2D eigenvalue weighted by atomic mass is 10.0. The second-order valence-electron chi connectivity index (χ2n) is 5.79. The summed E-state index contributed by atoms with van der Waals surface area (Å²) in [5, 5.41) is 3.62. The van der Waals surface area contributed by atoms with Crippen LogP contribution in [0.4, 0.5) is 0 Å². The van der Waals surface area contributed by atoms with E-state index in [0.29, 0.717) is 12.1 Å². The van der Waals surface area contributed by atoms with Crippen LogP contribution in [-0.4, -0.2) is 30.1 Å². The van der Waals surface area contributed by atoms with Gasteiger partial charge in [0.25, 0.3) is 0 Å². The Bertz CT molecular complexity index is 380.